The van der Waals surface area contributed by atoms with E-state index in [1.54, 1.807) is 48.5 Å². The van der Waals surface area contributed by atoms with Crippen LogP contribution in [0, 0.1) is 0 Å². The Labute approximate surface area is 167 Å². The van der Waals surface area contributed by atoms with Gasteiger partial charge in [-0.1, -0.05) is 30.3 Å². The SMILES string of the molecule is Nc1ccc(S(=O)(=O)NCc2nc3ccccc3c(=O)n2-c2ccccc2)cc1. The molecule has 0 saturated heterocycles. The minimum Gasteiger partial charge on any atom is -0.399 e. The quantitative estimate of drug-likeness (QED) is 0.495. The van der Waals surface area contributed by atoms with E-state index < -0.39 is 10.0 Å². The third kappa shape index (κ3) is 3.75. The Morgan fingerprint density at radius 2 is 1.55 bits per heavy atom. The first kappa shape index (κ1) is 18.9. The van der Waals surface area contributed by atoms with Crippen molar-refractivity contribution in [3.05, 3.63) is 95.0 Å². The molecule has 4 rings (SSSR count). The Kier molecular flexibility index (Phi) is 4.87. The highest BCUT2D eigenvalue weighted by atomic mass is 32.2. The van der Waals surface area contributed by atoms with Crippen molar-refractivity contribution in [3.8, 4) is 5.69 Å². The molecule has 1 heterocycles. The van der Waals surface area contributed by atoms with E-state index in [2.05, 4.69) is 9.71 Å². The van der Waals surface area contributed by atoms with Crippen molar-refractivity contribution in [2.45, 2.75) is 11.4 Å². The highest BCUT2D eigenvalue weighted by Gasteiger charge is 2.17. The monoisotopic (exact) mass is 406 g/mol. The van der Waals surface area contributed by atoms with Gasteiger partial charge in [-0.25, -0.2) is 18.1 Å². The van der Waals surface area contributed by atoms with E-state index in [4.69, 9.17) is 5.73 Å². The summed E-state index contributed by atoms with van der Waals surface area (Å²) in [5.74, 6) is 0.291. The van der Waals surface area contributed by atoms with Gasteiger partial charge in [-0.15, -0.1) is 0 Å². The molecule has 8 heteroatoms. The van der Waals surface area contributed by atoms with Crippen LogP contribution in [0.5, 0.6) is 0 Å². The van der Waals surface area contributed by atoms with Crippen molar-refractivity contribution in [2.75, 3.05) is 5.73 Å². The molecule has 0 saturated carbocycles. The van der Waals surface area contributed by atoms with Gasteiger partial charge in [0, 0.05) is 5.69 Å². The van der Waals surface area contributed by atoms with E-state index in [-0.39, 0.29) is 17.0 Å². The molecule has 0 amide bonds. The highest BCUT2D eigenvalue weighted by Crippen LogP contribution is 2.15. The molecule has 0 aliphatic carbocycles. The summed E-state index contributed by atoms with van der Waals surface area (Å²) in [5.41, 5.74) is 6.95. The van der Waals surface area contributed by atoms with Gasteiger partial charge in [0.05, 0.1) is 28.0 Å². The van der Waals surface area contributed by atoms with Crippen LogP contribution in [0.3, 0.4) is 0 Å². The number of para-hydroxylation sites is 2. The number of sulfonamides is 1. The smallest absolute Gasteiger partial charge is 0.266 e. The zero-order valence-corrected chi connectivity index (χ0v) is 16.1. The number of anilines is 1. The fourth-order valence-corrected chi connectivity index (χ4v) is 4.01. The van der Waals surface area contributed by atoms with E-state index in [1.165, 1.54) is 28.8 Å². The largest absolute Gasteiger partial charge is 0.399 e. The number of hydrogen-bond acceptors (Lipinski definition) is 5. The van der Waals surface area contributed by atoms with Crippen LogP contribution in [-0.2, 0) is 16.6 Å². The van der Waals surface area contributed by atoms with Gasteiger partial charge in [0.2, 0.25) is 10.0 Å². The van der Waals surface area contributed by atoms with Crippen LogP contribution in [0.2, 0.25) is 0 Å². The molecule has 7 nitrogen and oxygen atoms in total. The summed E-state index contributed by atoms with van der Waals surface area (Å²) in [6.07, 6.45) is 0. The third-order valence-electron chi connectivity index (χ3n) is 4.47. The number of nitrogens with zero attached hydrogens (tertiary/aromatic N) is 2. The Hall–Kier alpha value is -3.49. The Morgan fingerprint density at radius 3 is 2.28 bits per heavy atom. The van der Waals surface area contributed by atoms with Gasteiger partial charge in [-0.2, -0.15) is 0 Å². The van der Waals surface area contributed by atoms with Gasteiger partial charge in [-0.05, 0) is 48.5 Å². The van der Waals surface area contributed by atoms with Gasteiger partial charge in [-0.3, -0.25) is 9.36 Å². The average molecular weight is 406 g/mol. The molecule has 4 aromatic rings. The van der Waals surface area contributed by atoms with Crippen LogP contribution in [0.4, 0.5) is 5.69 Å². The lowest BCUT2D eigenvalue weighted by molar-refractivity contribution is 0.578. The van der Waals surface area contributed by atoms with Crippen LogP contribution < -0.4 is 16.0 Å². The number of fused-ring (bicyclic) bond motifs is 1. The molecule has 0 aliphatic rings. The van der Waals surface area contributed by atoms with Crippen LogP contribution in [-0.4, -0.2) is 18.0 Å². The maximum atomic E-state index is 13.1. The van der Waals surface area contributed by atoms with Crippen LogP contribution in [0.15, 0.2) is 88.6 Å². The van der Waals surface area contributed by atoms with Gasteiger partial charge in [0.25, 0.3) is 5.56 Å². The van der Waals surface area contributed by atoms with E-state index in [9.17, 15) is 13.2 Å². The molecule has 0 atom stereocenters. The van der Waals surface area contributed by atoms with Crippen molar-refractivity contribution < 1.29 is 8.42 Å². The molecule has 1 aromatic heterocycles. The first-order valence-corrected chi connectivity index (χ1v) is 10.4. The maximum Gasteiger partial charge on any atom is 0.266 e. The summed E-state index contributed by atoms with van der Waals surface area (Å²) >= 11 is 0. The standard InChI is InChI=1S/C21H18N4O3S/c22-15-10-12-17(13-11-15)29(27,28)23-14-20-24-19-9-5-4-8-18(19)21(26)25(20)16-6-2-1-3-7-16/h1-13,23H,14,22H2. The molecule has 0 unspecified atom stereocenters. The summed E-state index contributed by atoms with van der Waals surface area (Å²) in [6, 6.07) is 21.9. The minimum absolute atomic E-state index is 0.0843. The summed E-state index contributed by atoms with van der Waals surface area (Å²) in [5, 5.41) is 0.460. The number of nitrogens with two attached hydrogens (primary N) is 1. The van der Waals surface area contributed by atoms with E-state index in [1.807, 2.05) is 6.07 Å². The lowest BCUT2D eigenvalue weighted by Crippen LogP contribution is -2.30. The summed E-state index contributed by atoms with van der Waals surface area (Å²) < 4.78 is 29.2. The average Bonchev–Trinajstić information content (AvgIpc) is 2.73. The molecule has 146 valence electrons. The maximum absolute atomic E-state index is 13.1. The topological polar surface area (TPSA) is 107 Å². The van der Waals surface area contributed by atoms with E-state index in [0.29, 0.717) is 28.1 Å². The lowest BCUT2D eigenvalue weighted by Gasteiger charge is -2.14. The van der Waals surface area contributed by atoms with E-state index >= 15 is 0 Å². The van der Waals surface area contributed by atoms with Crippen LogP contribution >= 0.6 is 0 Å². The number of nitrogens with one attached hydrogen (secondary N) is 1. The van der Waals surface area contributed by atoms with Gasteiger partial charge in [0.1, 0.15) is 5.82 Å². The Bertz CT molecular complexity index is 1330. The fraction of sp³-hybridized carbons (Fsp3) is 0.0476. The van der Waals surface area contributed by atoms with Crippen molar-refractivity contribution in [3.63, 3.8) is 0 Å². The van der Waals surface area contributed by atoms with Crippen LogP contribution in [0.25, 0.3) is 16.6 Å². The third-order valence-corrected chi connectivity index (χ3v) is 5.89. The lowest BCUT2D eigenvalue weighted by atomic mass is 10.2. The molecule has 0 bridgehead atoms. The molecule has 0 spiro atoms. The zero-order valence-electron chi connectivity index (χ0n) is 15.3. The predicted molar refractivity (Wildman–Crippen MR) is 112 cm³/mol. The molecular formula is C21H18N4O3S. The normalized spacial score (nSPS) is 11.6. The summed E-state index contributed by atoms with van der Waals surface area (Å²) in [4.78, 5) is 17.7. The minimum atomic E-state index is -3.80. The van der Waals surface area contributed by atoms with Crippen molar-refractivity contribution >= 4 is 26.6 Å². The Morgan fingerprint density at radius 1 is 0.897 bits per heavy atom. The second kappa shape index (κ2) is 7.50. The molecule has 29 heavy (non-hydrogen) atoms. The van der Waals surface area contributed by atoms with Crippen molar-refractivity contribution in [1.29, 1.82) is 0 Å². The molecule has 3 N–H and O–H groups in total. The number of aromatic nitrogens is 2. The number of benzene rings is 3. The van der Waals surface area contributed by atoms with Gasteiger partial charge in [0.15, 0.2) is 0 Å². The van der Waals surface area contributed by atoms with Crippen molar-refractivity contribution in [2.24, 2.45) is 0 Å². The predicted octanol–water partition coefficient (Wildman–Crippen LogP) is 2.45. The van der Waals surface area contributed by atoms with Crippen LogP contribution in [0.1, 0.15) is 5.82 Å². The molecule has 0 fully saturated rings. The zero-order chi connectivity index (χ0) is 20.4. The first-order valence-electron chi connectivity index (χ1n) is 8.87. The fourth-order valence-electron chi connectivity index (χ4n) is 3.03. The molecule has 0 radical (unpaired) electrons. The second-order valence-electron chi connectivity index (χ2n) is 6.41. The molecule has 0 aliphatic heterocycles. The summed E-state index contributed by atoms with van der Waals surface area (Å²) in [6.45, 7) is -0.151. The second-order valence-corrected chi connectivity index (χ2v) is 8.18. The summed E-state index contributed by atoms with van der Waals surface area (Å²) in [7, 11) is -3.80. The Balaban J connectivity index is 1.79. The molecule has 3 aromatic carbocycles. The first-order chi connectivity index (χ1) is 14.0. The molecular weight excluding hydrogens is 388 g/mol. The van der Waals surface area contributed by atoms with Gasteiger partial charge >= 0.3 is 0 Å². The number of nitrogen functional groups attached to an aromatic ring is 1. The highest BCUT2D eigenvalue weighted by molar-refractivity contribution is 7.89. The number of hydrogen-bond donors (Lipinski definition) is 2. The van der Waals surface area contributed by atoms with E-state index in [0.717, 1.165) is 0 Å². The number of rotatable bonds is 5. The van der Waals surface area contributed by atoms with Crippen molar-refractivity contribution in [1.82, 2.24) is 14.3 Å². The van der Waals surface area contributed by atoms with Gasteiger partial charge < -0.3 is 5.73 Å².